The first-order chi connectivity index (χ1) is 19.1. The first kappa shape index (κ1) is 26.3. The molecule has 194 valence electrons. The van der Waals surface area contributed by atoms with Crippen molar-refractivity contribution in [1.29, 1.82) is 0 Å². The Morgan fingerprint density at radius 2 is 1.28 bits per heavy atom. The van der Waals surface area contributed by atoms with Crippen molar-refractivity contribution in [2.75, 3.05) is 5.32 Å². The highest BCUT2D eigenvalue weighted by molar-refractivity contribution is 7.18. The van der Waals surface area contributed by atoms with E-state index >= 15 is 0 Å². The molecular formula is C31H25ClN4O2S. The van der Waals surface area contributed by atoms with E-state index in [9.17, 15) is 9.59 Å². The lowest BCUT2D eigenvalue weighted by molar-refractivity contribution is -0.126. The molecular weight excluding hydrogens is 528 g/mol. The molecule has 0 saturated heterocycles. The van der Waals surface area contributed by atoms with Crippen molar-refractivity contribution in [2.24, 2.45) is 0 Å². The fourth-order valence-corrected chi connectivity index (χ4v) is 5.15. The van der Waals surface area contributed by atoms with Crippen LogP contribution in [0.25, 0.3) is 10.6 Å². The molecule has 0 saturated carbocycles. The zero-order valence-corrected chi connectivity index (χ0v) is 22.4. The van der Waals surface area contributed by atoms with E-state index in [1.54, 1.807) is 12.1 Å². The average Bonchev–Trinajstić information content (AvgIpc) is 3.43. The van der Waals surface area contributed by atoms with Crippen LogP contribution in [0.4, 0.5) is 5.13 Å². The molecule has 2 N–H and O–H groups in total. The largest absolute Gasteiger partial charge is 0.343 e. The van der Waals surface area contributed by atoms with Crippen LogP contribution in [0.1, 0.15) is 22.6 Å². The average molecular weight is 553 g/mol. The van der Waals surface area contributed by atoms with Gasteiger partial charge in [-0.2, -0.15) is 0 Å². The summed E-state index contributed by atoms with van der Waals surface area (Å²) < 4.78 is 0. The number of hydrogen-bond donors (Lipinski definition) is 2. The Bertz CT molecular complexity index is 1490. The molecule has 5 rings (SSSR count). The molecule has 1 aromatic heterocycles. The second-order valence-corrected chi connectivity index (χ2v) is 10.3. The van der Waals surface area contributed by atoms with E-state index in [-0.39, 0.29) is 11.8 Å². The molecule has 1 atom stereocenters. The van der Waals surface area contributed by atoms with Crippen LogP contribution in [-0.4, -0.2) is 28.1 Å². The number of aromatic nitrogens is 2. The summed E-state index contributed by atoms with van der Waals surface area (Å²) in [6, 6.07) is 35.1. The Kier molecular flexibility index (Phi) is 8.41. The van der Waals surface area contributed by atoms with Gasteiger partial charge in [-0.25, -0.2) is 0 Å². The van der Waals surface area contributed by atoms with Gasteiger partial charge in [-0.1, -0.05) is 126 Å². The molecule has 0 aliphatic carbocycles. The van der Waals surface area contributed by atoms with E-state index in [0.717, 1.165) is 22.3 Å². The maximum atomic E-state index is 13.8. The summed E-state index contributed by atoms with van der Waals surface area (Å²) in [5.41, 5.74) is 3.46. The monoisotopic (exact) mass is 552 g/mol. The molecule has 0 fully saturated rings. The lowest BCUT2D eigenvalue weighted by Gasteiger charge is -2.23. The van der Waals surface area contributed by atoms with Crippen molar-refractivity contribution in [2.45, 2.75) is 18.4 Å². The number of halogens is 1. The van der Waals surface area contributed by atoms with Gasteiger partial charge in [0.1, 0.15) is 11.0 Å². The summed E-state index contributed by atoms with van der Waals surface area (Å²) in [5.74, 6) is -1.20. The van der Waals surface area contributed by atoms with Crippen molar-refractivity contribution in [3.05, 3.63) is 137 Å². The third-order valence-electron chi connectivity index (χ3n) is 6.19. The predicted octanol–water partition coefficient (Wildman–Crippen LogP) is 6.36. The number of rotatable bonds is 9. The Labute approximate surface area is 235 Å². The van der Waals surface area contributed by atoms with Gasteiger partial charge in [0.05, 0.1) is 5.92 Å². The second-order valence-electron chi connectivity index (χ2n) is 8.91. The molecule has 0 radical (unpaired) electrons. The van der Waals surface area contributed by atoms with Crippen molar-refractivity contribution in [3.63, 3.8) is 0 Å². The maximum absolute atomic E-state index is 13.8. The second kappa shape index (κ2) is 12.5. The molecule has 6 nitrogen and oxygen atoms in total. The molecule has 0 aliphatic rings. The van der Waals surface area contributed by atoms with Crippen LogP contribution in [0.5, 0.6) is 0 Å². The Hall–Kier alpha value is -4.33. The van der Waals surface area contributed by atoms with E-state index in [4.69, 9.17) is 11.6 Å². The summed E-state index contributed by atoms with van der Waals surface area (Å²) in [4.78, 5) is 27.3. The van der Waals surface area contributed by atoms with Crippen molar-refractivity contribution < 1.29 is 9.59 Å². The van der Waals surface area contributed by atoms with Gasteiger partial charge in [0, 0.05) is 17.0 Å². The van der Waals surface area contributed by atoms with Gasteiger partial charge in [-0.05, 0) is 28.8 Å². The number of carbonyl (C=O) groups excluding carboxylic acids is 2. The fraction of sp³-hybridized carbons (Fsp3) is 0.0968. The van der Waals surface area contributed by atoms with E-state index in [1.165, 1.54) is 11.3 Å². The summed E-state index contributed by atoms with van der Waals surface area (Å²) in [6.07, 6.45) is 0.317. The van der Waals surface area contributed by atoms with Crippen LogP contribution in [0.3, 0.4) is 0 Å². The molecule has 0 unspecified atom stereocenters. The molecule has 0 spiro atoms. The number of hydrogen-bond acceptors (Lipinski definition) is 5. The van der Waals surface area contributed by atoms with Crippen LogP contribution in [0, 0.1) is 0 Å². The molecule has 0 aliphatic heterocycles. The first-order valence-electron chi connectivity index (χ1n) is 12.4. The predicted molar refractivity (Wildman–Crippen MR) is 156 cm³/mol. The number of nitrogens with one attached hydrogen (secondary N) is 2. The summed E-state index contributed by atoms with van der Waals surface area (Å²) in [6.45, 7) is 0. The molecule has 8 heteroatoms. The van der Waals surface area contributed by atoms with Gasteiger partial charge < -0.3 is 5.32 Å². The zero-order valence-electron chi connectivity index (χ0n) is 20.8. The van der Waals surface area contributed by atoms with Crippen LogP contribution >= 0.6 is 22.9 Å². The quantitative estimate of drug-likeness (QED) is 0.223. The molecule has 39 heavy (non-hydrogen) atoms. The summed E-state index contributed by atoms with van der Waals surface area (Å²) >= 11 is 7.25. The number of benzene rings is 4. The van der Waals surface area contributed by atoms with E-state index in [0.29, 0.717) is 21.6 Å². The minimum Gasteiger partial charge on any atom is -0.343 e. The van der Waals surface area contributed by atoms with Gasteiger partial charge in [0.15, 0.2) is 0 Å². The zero-order chi connectivity index (χ0) is 27.0. The molecule has 0 bridgehead atoms. The molecule has 4 aromatic carbocycles. The molecule has 1 heterocycles. The normalized spacial score (nSPS) is 11.6. The van der Waals surface area contributed by atoms with Crippen LogP contribution < -0.4 is 10.6 Å². The van der Waals surface area contributed by atoms with Crippen LogP contribution in [0.2, 0.25) is 5.02 Å². The van der Waals surface area contributed by atoms with E-state index in [2.05, 4.69) is 20.8 Å². The summed E-state index contributed by atoms with van der Waals surface area (Å²) in [7, 11) is 0. The van der Waals surface area contributed by atoms with Gasteiger partial charge in [0.2, 0.25) is 16.9 Å². The van der Waals surface area contributed by atoms with E-state index < -0.39 is 12.0 Å². The third kappa shape index (κ3) is 6.76. The van der Waals surface area contributed by atoms with Crippen LogP contribution in [-0.2, 0) is 16.0 Å². The van der Waals surface area contributed by atoms with Gasteiger partial charge in [-0.15, -0.1) is 10.2 Å². The number of nitrogens with zero attached hydrogens (tertiary/aromatic N) is 2. The number of amides is 2. The number of anilines is 1. The Balaban J connectivity index is 1.39. The summed E-state index contributed by atoms with van der Waals surface area (Å²) in [5, 5.41) is 15.8. The smallest absolute Gasteiger partial charge is 0.249 e. The first-order valence-corrected chi connectivity index (χ1v) is 13.6. The van der Waals surface area contributed by atoms with Gasteiger partial charge in [0.25, 0.3) is 0 Å². The maximum Gasteiger partial charge on any atom is 0.249 e. The Morgan fingerprint density at radius 3 is 1.87 bits per heavy atom. The lowest BCUT2D eigenvalue weighted by Crippen LogP contribution is -2.47. The SMILES string of the molecule is O=C(N[C@@H](Cc1ccccc1)C(=O)Nc1nnc(-c2ccc(Cl)cc2)s1)C(c1ccccc1)c1ccccc1. The van der Waals surface area contributed by atoms with Crippen molar-refractivity contribution >= 4 is 39.9 Å². The fourth-order valence-electron chi connectivity index (χ4n) is 4.28. The molecule has 5 aromatic rings. The molecule has 2 amide bonds. The highest BCUT2D eigenvalue weighted by Crippen LogP contribution is 2.28. The Morgan fingerprint density at radius 1 is 0.718 bits per heavy atom. The minimum absolute atomic E-state index is 0.261. The highest BCUT2D eigenvalue weighted by atomic mass is 35.5. The lowest BCUT2D eigenvalue weighted by atomic mass is 9.90. The van der Waals surface area contributed by atoms with Gasteiger partial charge in [-0.3, -0.25) is 14.9 Å². The standard InChI is InChI=1S/C31H25ClN4O2S/c32-25-18-16-24(17-19-25)30-35-36-31(39-30)34-28(37)26(20-21-10-4-1-5-11-21)33-29(38)27(22-12-6-2-7-13-22)23-14-8-3-9-15-23/h1-19,26-27H,20H2,(H,33,38)(H,34,36,37)/t26-/m0/s1. The van der Waals surface area contributed by atoms with Crippen LogP contribution in [0.15, 0.2) is 115 Å². The highest BCUT2D eigenvalue weighted by Gasteiger charge is 2.28. The minimum atomic E-state index is -0.835. The third-order valence-corrected chi connectivity index (χ3v) is 7.33. The van der Waals surface area contributed by atoms with Crippen molar-refractivity contribution in [1.82, 2.24) is 15.5 Å². The van der Waals surface area contributed by atoms with E-state index in [1.807, 2.05) is 103 Å². The topological polar surface area (TPSA) is 84.0 Å². The van der Waals surface area contributed by atoms with Gasteiger partial charge >= 0.3 is 0 Å². The number of carbonyl (C=O) groups is 2. The van der Waals surface area contributed by atoms with Crippen molar-refractivity contribution in [3.8, 4) is 10.6 Å².